The molecule has 0 saturated heterocycles. The summed E-state index contributed by atoms with van der Waals surface area (Å²) in [7, 11) is 3.04. The number of carbonyl (C=O) groups excluding carboxylic acids is 2. The first-order valence-corrected chi connectivity index (χ1v) is 7.76. The van der Waals surface area contributed by atoms with Crippen molar-refractivity contribution in [1.29, 1.82) is 0 Å². The Hall–Kier alpha value is -1.51. The molecule has 1 aromatic rings. The van der Waals surface area contributed by atoms with Gasteiger partial charge in [-0.15, -0.1) is 0 Å². The molecule has 0 aliphatic rings. The molecule has 1 aromatic carbocycles. The summed E-state index contributed by atoms with van der Waals surface area (Å²) in [5.41, 5.74) is 0.0985. The van der Waals surface area contributed by atoms with Gasteiger partial charge in [0, 0.05) is 9.11 Å². The molecule has 22 heavy (non-hydrogen) atoms. The molecule has 0 unspecified atom stereocenters. The number of nitrogens with one attached hydrogen (secondary N) is 2. The first-order chi connectivity index (χ1) is 10.2. The first kappa shape index (κ1) is 18.5. The van der Waals surface area contributed by atoms with Crippen LogP contribution in [0.1, 0.15) is 31.1 Å². The number of hydrogen-bond donors (Lipinski definition) is 2. The van der Waals surface area contributed by atoms with Crippen LogP contribution in [0, 0.1) is 3.57 Å². The third-order valence-corrected chi connectivity index (χ3v) is 3.53. The standard InChI is InChI=1S/C15H21IN2O4/c1-15(2,3)18-13(19)8-17-14(20)9-6-11(21-4)12(22-5)7-10(9)16/h6-7H,8H2,1-5H3,(H,17,20)(H,18,19). The number of amides is 2. The second kappa shape index (κ2) is 7.66. The number of halogens is 1. The van der Waals surface area contributed by atoms with Gasteiger partial charge in [0.2, 0.25) is 5.91 Å². The van der Waals surface area contributed by atoms with Crippen LogP contribution >= 0.6 is 22.6 Å². The minimum absolute atomic E-state index is 0.0828. The van der Waals surface area contributed by atoms with Gasteiger partial charge in [-0.25, -0.2) is 0 Å². The summed E-state index contributed by atoms with van der Waals surface area (Å²) in [6, 6.07) is 3.31. The molecule has 0 saturated carbocycles. The van der Waals surface area contributed by atoms with Crippen LogP contribution in [0.3, 0.4) is 0 Å². The number of hydrogen-bond acceptors (Lipinski definition) is 4. The van der Waals surface area contributed by atoms with E-state index in [9.17, 15) is 9.59 Å². The molecule has 6 nitrogen and oxygen atoms in total. The molecule has 2 amide bonds. The summed E-state index contributed by atoms with van der Waals surface area (Å²) >= 11 is 2.04. The molecule has 7 heteroatoms. The van der Waals surface area contributed by atoms with Gasteiger partial charge in [-0.3, -0.25) is 9.59 Å². The van der Waals surface area contributed by atoms with E-state index >= 15 is 0 Å². The fourth-order valence-corrected chi connectivity index (χ4v) is 2.43. The second-order valence-electron chi connectivity index (χ2n) is 5.67. The molecule has 0 atom stereocenters. The summed E-state index contributed by atoms with van der Waals surface area (Å²) in [5, 5.41) is 5.38. The lowest BCUT2D eigenvalue weighted by Gasteiger charge is -2.20. The van der Waals surface area contributed by atoms with Crippen molar-refractivity contribution in [1.82, 2.24) is 10.6 Å². The van der Waals surface area contributed by atoms with Crippen LogP contribution in [0.4, 0.5) is 0 Å². The van der Waals surface area contributed by atoms with E-state index in [2.05, 4.69) is 10.6 Å². The van der Waals surface area contributed by atoms with Crippen LogP contribution in [0.5, 0.6) is 11.5 Å². The Kier molecular flexibility index (Phi) is 6.46. The molecule has 0 heterocycles. The Morgan fingerprint density at radius 2 is 1.68 bits per heavy atom. The summed E-state index contributed by atoms with van der Waals surface area (Å²) in [5.74, 6) is 0.437. The SMILES string of the molecule is COc1cc(I)c(C(=O)NCC(=O)NC(C)(C)C)cc1OC. The highest BCUT2D eigenvalue weighted by Crippen LogP contribution is 2.31. The van der Waals surface area contributed by atoms with Crippen molar-refractivity contribution >= 4 is 34.4 Å². The van der Waals surface area contributed by atoms with Gasteiger partial charge in [-0.2, -0.15) is 0 Å². The lowest BCUT2D eigenvalue weighted by atomic mass is 10.1. The van der Waals surface area contributed by atoms with Crippen LogP contribution in [-0.2, 0) is 4.79 Å². The Morgan fingerprint density at radius 1 is 1.14 bits per heavy atom. The number of carbonyl (C=O) groups is 2. The minimum atomic E-state index is -0.339. The van der Waals surface area contributed by atoms with Crippen LogP contribution in [0.25, 0.3) is 0 Å². The highest BCUT2D eigenvalue weighted by atomic mass is 127. The molecule has 1 rings (SSSR count). The molecule has 0 aromatic heterocycles. The van der Waals surface area contributed by atoms with Gasteiger partial charge in [0.15, 0.2) is 11.5 Å². The van der Waals surface area contributed by atoms with Gasteiger partial charge < -0.3 is 20.1 Å². The average Bonchev–Trinajstić information content (AvgIpc) is 2.42. The van der Waals surface area contributed by atoms with Crippen molar-refractivity contribution in [2.24, 2.45) is 0 Å². The molecule has 0 aliphatic carbocycles. The fourth-order valence-electron chi connectivity index (χ4n) is 1.75. The molecule has 0 spiro atoms. The van der Waals surface area contributed by atoms with Crippen LogP contribution in [0.2, 0.25) is 0 Å². The summed E-state index contributed by atoms with van der Waals surface area (Å²) < 4.78 is 11.1. The van der Waals surface area contributed by atoms with E-state index in [1.54, 1.807) is 12.1 Å². The van der Waals surface area contributed by atoms with Gasteiger partial charge in [0.25, 0.3) is 5.91 Å². The van der Waals surface area contributed by atoms with Crippen LogP contribution in [-0.4, -0.2) is 38.1 Å². The maximum Gasteiger partial charge on any atom is 0.252 e. The summed E-state index contributed by atoms with van der Waals surface area (Å²) in [6.07, 6.45) is 0. The zero-order valence-electron chi connectivity index (χ0n) is 13.4. The van der Waals surface area contributed by atoms with E-state index in [0.717, 1.165) is 0 Å². The summed E-state index contributed by atoms with van der Waals surface area (Å²) in [4.78, 5) is 23.9. The minimum Gasteiger partial charge on any atom is -0.493 e. The third kappa shape index (κ3) is 5.36. The number of methoxy groups -OCH3 is 2. The van der Waals surface area contributed by atoms with Gasteiger partial charge in [-0.05, 0) is 55.5 Å². The lowest BCUT2D eigenvalue weighted by molar-refractivity contribution is -0.121. The van der Waals surface area contributed by atoms with Crippen molar-refractivity contribution in [3.63, 3.8) is 0 Å². The molecular weight excluding hydrogens is 399 g/mol. The Balaban J connectivity index is 2.80. The smallest absolute Gasteiger partial charge is 0.252 e. The summed E-state index contributed by atoms with van der Waals surface area (Å²) in [6.45, 7) is 5.55. The predicted molar refractivity (Wildman–Crippen MR) is 92.5 cm³/mol. The normalized spacial score (nSPS) is 10.8. The van der Waals surface area contributed by atoms with Gasteiger partial charge in [0.05, 0.1) is 26.3 Å². The van der Waals surface area contributed by atoms with Crippen molar-refractivity contribution < 1.29 is 19.1 Å². The maximum atomic E-state index is 12.2. The van der Waals surface area contributed by atoms with E-state index in [4.69, 9.17) is 9.47 Å². The largest absolute Gasteiger partial charge is 0.493 e. The lowest BCUT2D eigenvalue weighted by Crippen LogP contribution is -2.45. The van der Waals surface area contributed by atoms with Crippen molar-refractivity contribution in [2.75, 3.05) is 20.8 Å². The quantitative estimate of drug-likeness (QED) is 0.715. The molecule has 122 valence electrons. The fraction of sp³-hybridized carbons (Fsp3) is 0.467. The van der Waals surface area contributed by atoms with E-state index in [1.165, 1.54) is 14.2 Å². The molecule has 0 fully saturated rings. The second-order valence-corrected chi connectivity index (χ2v) is 6.83. The van der Waals surface area contributed by atoms with E-state index in [0.29, 0.717) is 20.6 Å². The van der Waals surface area contributed by atoms with Crippen molar-refractivity contribution in [3.8, 4) is 11.5 Å². The van der Waals surface area contributed by atoms with Gasteiger partial charge in [-0.1, -0.05) is 0 Å². The number of rotatable bonds is 5. The average molecular weight is 420 g/mol. The monoisotopic (exact) mass is 420 g/mol. The third-order valence-electron chi connectivity index (χ3n) is 2.64. The molecule has 0 aliphatic heterocycles. The number of benzene rings is 1. The highest BCUT2D eigenvalue weighted by molar-refractivity contribution is 14.1. The molecule has 2 N–H and O–H groups in total. The van der Waals surface area contributed by atoms with Crippen molar-refractivity contribution in [3.05, 3.63) is 21.3 Å². The topological polar surface area (TPSA) is 76.7 Å². The van der Waals surface area contributed by atoms with Crippen LogP contribution < -0.4 is 20.1 Å². The first-order valence-electron chi connectivity index (χ1n) is 6.68. The zero-order chi connectivity index (χ0) is 16.9. The van der Waals surface area contributed by atoms with Gasteiger partial charge >= 0.3 is 0 Å². The molecular formula is C15H21IN2O4. The molecule has 0 bridgehead atoms. The van der Waals surface area contributed by atoms with E-state index in [-0.39, 0.29) is 23.9 Å². The number of ether oxygens (including phenoxy) is 2. The highest BCUT2D eigenvalue weighted by Gasteiger charge is 2.18. The van der Waals surface area contributed by atoms with Crippen molar-refractivity contribution in [2.45, 2.75) is 26.3 Å². The van der Waals surface area contributed by atoms with E-state index < -0.39 is 0 Å². The van der Waals surface area contributed by atoms with E-state index in [1.807, 2.05) is 43.4 Å². The Bertz CT molecular complexity index is 567. The predicted octanol–water partition coefficient (Wildman–Crippen LogP) is 1.95. The Morgan fingerprint density at radius 3 is 2.18 bits per heavy atom. The van der Waals surface area contributed by atoms with Crippen LogP contribution in [0.15, 0.2) is 12.1 Å². The molecule has 0 radical (unpaired) electrons. The van der Waals surface area contributed by atoms with Gasteiger partial charge in [0.1, 0.15) is 0 Å². The maximum absolute atomic E-state index is 12.2. The zero-order valence-corrected chi connectivity index (χ0v) is 15.5. The Labute approximate surface area is 144 Å².